The van der Waals surface area contributed by atoms with E-state index < -0.39 is 6.10 Å². The van der Waals surface area contributed by atoms with E-state index in [1.807, 2.05) is 17.5 Å². The van der Waals surface area contributed by atoms with E-state index in [1.54, 1.807) is 11.3 Å². The lowest BCUT2D eigenvalue weighted by molar-refractivity contribution is -0.114. The van der Waals surface area contributed by atoms with Gasteiger partial charge in [0.25, 0.3) is 0 Å². The Kier molecular flexibility index (Phi) is 2.59. The van der Waals surface area contributed by atoms with E-state index in [1.165, 1.54) is 0 Å². The lowest BCUT2D eigenvalue weighted by Crippen LogP contribution is -2.10. The Morgan fingerprint density at radius 2 is 2.60 bits per heavy atom. The van der Waals surface area contributed by atoms with Crippen LogP contribution in [0.3, 0.4) is 0 Å². The molecule has 1 unspecified atom stereocenters. The zero-order valence-corrected chi connectivity index (χ0v) is 6.17. The minimum absolute atomic E-state index is 0.446. The van der Waals surface area contributed by atoms with Gasteiger partial charge in [-0.05, 0) is 11.4 Å². The molecular weight excluding hydrogens is 148 g/mol. The summed E-state index contributed by atoms with van der Waals surface area (Å²) in [5.41, 5.74) is 0. The van der Waals surface area contributed by atoms with Gasteiger partial charge < -0.3 is 9.90 Å². The number of aldehydes is 1. The van der Waals surface area contributed by atoms with Crippen LogP contribution >= 0.6 is 11.3 Å². The minimum atomic E-state index is -0.835. The number of hydrogen-bond donors (Lipinski definition) is 1. The summed E-state index contributed by atoms with van der Waals surface area (Å²) in [5, 5.41) is 10.8. The third-order valence-electron chi connectivity index (χ3n) is 1.15. The second-order valence-electron chi connectivity index (χ2n) is 1.99. The maximum atomic E-state index is 9.99. The van der Waals surface area contributed by atoms with Crippen molar-refractivity contribution in [2.45, 2.75) is 12.5 Å². The molecule has 0 bridgehead atoms. The fraction of sp³-hybridized carbons (Fsp3) is 0.286. The Morgan fingerprint density at radius 1 is 1.80 bits per heavy atom. The van der Waals surface area contributed by atoms with Gasteiger partial charge in [0, 0.05) is 11.3 Å². The van der Waals surface area contributed by atoms with Crippen LogP contribution in [-0.4, -0.2) is 17.5 Å². The molecule has 1 heterocycles. The molecule has 2 nitrogen and oxygen atoms in total. The molecule has 0 fully saturated rings. The first-order chi connectivity index (χ1) is 4.83. The molecule has 10 heavy (non-hydrogen) atoms. The molecule has 1 aromatic heterocycles. The highest BCUT2D eigenvalue weighted by Crippen LogP contribution is 2.09. The molecule has 1 atom stereocenters. The summed E-state index contributed by atoms with van der Waals surface area (Å²) in [5.74, 6) is 0. The smallest absolute Gasteiger partial charge is 0.148 e. The van der Waals surface area contributed by atoms with Gasteiger partial charge in [0.15, 0.2) is 0 Å². The van der Waals surface area contributed by atoms with Crippen LogP contribution in [0.5, 0.6) is 0 Å². The number of aliphatic hydroxyl groups is 1. The van der Waals surface area contributed by atoms with Crippen molar-refractivity contribution in [2.24, 2.45) is 0 Å². The molecule has 0 aliphatic rings. The van der Waals surface area contributed by atoms with Gasteiger partial charge in [-0.1, -0.05) is 6.07 Å². The summed E-state index contributed by atoms with van der Waals surface area (Å²) >= 11 is 1.55. The molecule has 0 aliphatic heterocycles. The van der Waals surface area contributed by atoms with Gasteiger partial charge in [-0.3, -0.25) is 0 Å². The van der Waals surface area contributed by atoms with Gasteiger partial charge in [-0.15, -0.1) is 11.3 Å². The summed E-state index contributed by atoms with van der Waals surface area (Å²) in [6.45, 7) is 0. The van der Waals surface area contributed by atoms with Crippen LogP contribution in [0.2, 0.25) is 0 Å². The minimum Gasteiger partial charge on any atom is -0.385 e. The molecular formula is C7H8O2S. The predicted molar refractivity (Wildman–Crippen MR) is 40.1 cm³/mol. The molecule has 0 spiro atoms. The van der Waals surface area contributed by atoms with E-state index in [9.17, 15) is 4.79 Å². The van der Waals surface area contributed by atoms with E-state index in [0.717, 1.165) is 4.88 Å². The number of carbonyl (C=O) groups is 1. The quantitative estimate of drug-likeness (QED) is 0.659. The first kappa shape index (κ1) is 7.44. The molecule has 0 saturated heterocycles. The molecule has 0 saturated carbocycles. The number of thiophene rings is 1. The summed E-state index contributed by atoms with van der Waals surface area (Å²) in [7, 11) is 0. The molecule has 0 radical (unpaired) electrons. The van der Waals surface area contributed by atoms with E-state index in [-0.39, 0.29) is 0 Å². The van der Waals surface area contributed by atoms with Crippen molar-refractivity contribution in [1.29, 1.82) is 0 Å². The predicted octanol–water partition coefficient (Wildman–Crippen LogP) is 0.850. The van der Waals surface area contributed by atoms with Crippen molar-refractivity contribution in [3.8, 4) is 0 Å². The van der Waals surface area contributed by atoms with Crippen molar-refractivity contribution in [3.05, 3.63) is 22.4 Å². The summed E-state index contributed by atoms with van der Waals surface area (Å²) in [6, 6.07) is 3.80. The maximum Gasteiger partial charge on any atom is 0.148 e. The van der Waals surface area contributed by atoms with Gasteiger partial charge in [-0.25, -0.2) is 0 Å². The highest BCUT2D eigenvalue weighted by Gasteiger charge is 2.02. The molecule has 1 N–H and O–H groups in total. The highest BCUT2D eigenvalue weighted by atomic mass is 32.1. The number of hydrogen-bond acceptors (Lipinski definition) is 3. The molecule has 3 heteroatoms. The molecule has 1 rings (SSSR count). The Bertz CT molecular complexity index is 193. The Labute approximate surface area is 63.1 Å². The average Bonchev–Trinajstić information content (AvgIpc) is 2.40. The second-order valence-corrected chi connectivity index (χ2v) is 3.02. The van der Waals surface area contributed by atoms with Crippen molar-refractivity contribution in [1.82, 2.24) is 0 Å². The van der Waals surface area contributed by atoms with Gasteiger partial charge in [0.1, 0.15) is 12.4 Å². The van der Waals surface area contributed by atoms with Crippen molar-refractivity contribution in [3.63, 3.8) is 0 Å². The molecule has 1 aromatic rings. The van der Waals surface area contributed by atoms with Crippen LogP contribution in [0.4, 0.5) is 0 Å². The second kappa shape index (κ2) is 3.49. The molecule has 54 valence electrons. The normalized spacial score (nSPS) is 12.9. The lowest BCUT2D eigenvalue weighted by atomic mass is 10.2. The lowest BCUT2D eigenvalue weighted by Gasteiger charge is -1.97. The monoisotopic (exact) mass is 156 g/mol. The van der Waals surface area contributed by atoms with E-state index >= 15 is 0 Å². The topological polar surface area (TPSA) is 37.3 Å². The summed E-state index contributed by atoms with van der Waals surface area (Å²) < 4.78 is 0. The standard InChI is InChI=1S/C7H8O2S/c8-5-6(9)4-7-2-1-3-10-7/h1-3,5-6,9H,4H2. The van der Waals surface area contributed by atoms with Gasteiger partial charge in [0.05, 0.1) is 0 Å². The Balaban J connectivity index is 2.47. The van der Waals surface area contributed by atoms with Crippen LogP contribution < -0.4 is 0 Å². The van der Waals surface area contributed by atoms with Crippen LogP contribution in [0.15, 0.2) is 17.5 Å². The Morgan fingerprint density at radius 3 is 3.10 bits per heavy atom. The fourth-order valence-electron chi connectivity index (χ4n) is 0.683. The molecule has 0 aliphatic carbocycles. The van der Waals surface area contributed by atoms with Crippen molar-refractivity contribution < 1.29 is 9.90 Å². The SMILES string of the molecule is O=CC(O)Cc1cccs1. The van der Waals surface area contributed by atoms with Gasteiger partial charge in [0.2, 0.25) is 0 Å². The summed E-state index contributed by atoms with van der Waals surface area (Å²) in [4.78, 5) is 11.0. The van der Waals surface area contributed by atoms with Gasteiger partial charge >= 0.3 is 0 Å². The van der Waals surface area contributed by atoms with Crippen LogP contribution in [-0.2, 0) is 11.2 Å². The van der Waals surface area contributed by atoms with Crippen LogP contribution in [0, 0.1) is 0 Å². The fourth-order valence-corrected chi connectivity index (χ4v) is 1.44. The first-order valence-corrected chi connectivity index (χ1v) is 3.86. The highest BCUT2D eigenvalue weighted by molar-refractivity contribution is 7.09. The largest absolute Gasteiger partial charge is 0.385 e. The van der Waals surface area contributed by atoms with Gasteiger partial charge in [-0.2, -0.15) is 0 Å². The van der Waals surface area contributed by atoms with Crippen LogP contribution in [0.25, 0.3) is 0 Å². The maximum absolute atomic E-state index is 9.99. The molecule has 0 aromatic carbocycles. The zero-order chi connectivity index (χ0) is 7.40. The van der Waals surface area contributed by atoms with E-state index in [4.69, 9.17) is 5.11 Å². The number of rotatable bonds is 3. The molecule has 0 amide bonds. The van der Waals surface area contributed by atoms with E-state index in [2.05, 4.69) is 0 Å². The van der Waals surface area contributed by atoms with Crippen LogP contribution in [0.1, 0.15) is 4.88 Å². The third-order valence-corrected chi connectivity index (χ3v) is 2.05. The van der Waals surface area contributed by atoms with Crippen molar-refractivity contribution >= 4 is 17.6 Å². The average molecular weight is 156 g/mol. The number of carbonyl (C=O) groups excluding carboxylic acids is 1. The Hall–Kier alpha value is -0.670. The first-order valence-electron chi connectivity index (χ1n) is 2.98. The zero-order valence-electron chi connectivity index (χ0n) is 5.36. The van der Waals surface area contributed by atoms with Crippen molar-refractivity contribution in [2.75, 3.05) is 0 Å². The van der Waals surface area contributed by atoms with E-state index in [0.29, 0.717) is 12.7 Å². The third kappa shape index (κ3) is 1.93. The summed E-state index contributed by atoms with van der Waals surface area (Å²) in [6.07, 6.45) is 0.166. The number of aliphatic hydroxyl groups excluding tert-OH is 1.